The van der Waals surface area contributed by atoms with Crippen molar-refractivity contribution in [2.45, 2.75) is 6.92 Å². The van der Waals surface area contributed by atoms with E-state index in [1.165, 1.54) is 6.33 Å². The third-order valence-electron chi connectivity index (χ3n) is 5.58. The number of rotatable bonds is 10. The largest absolute Gasteiger partial charge is 1.00 e. The van der Waals surface area contributed by atoms with E-state index >= 15 is 0 Å². The molecule has 184 valence electrons. The quantitative estimate of drug-likeness (QED) is 0.174. The molecule has 9 nitrogen and oxygen atoms in total. The first-order valence-electron chi connectivity index (χ1n) is 11.5. The van der Waals surface area contributed by atoms with Crippen LogP contribution in [0.4, 0.5) is 11.5 Å². The number of fused-ring (bicyclic) bond motifs is 2. The van der Waals surface area contributed by atoms with Gasteiger partial charge in [0, 0.05) is 30.1 Å². The van der Waals surface area contributed by atoms with Gasteiger partial charge in [0.05, 0.1) is 17.4 Å². The number of nitrogens with one attached hydrogen (secondary N) is 2. The number of hydrogen-bond donors (Lipinski definition) is 2. The molecular formula is C27H26LiN7O2-2. The molecule has 0 fully saturated rings. The zero-order valence-corrected chi connectivity index (χ0v) is 21.2. The molecule has 37 heavy (non-hydrogen) atoms. The van der Waals surface area contributed by atoms with Crippen molar-refractivity contribution in [3.63, 3.8) is 0 Å². The average Bonchev–Trinajstić information content (AvgIpc) is 3.25. The van der Waals surface area contributed by atoms with Gasteiger partial charge < -0.3 is 36.6 Å². The van der Waals surface area contributed by atoms with Gasteiger partial charge in [-0.2, -0.15) is 0 Å². The van der Waals surface area contributed by atoms with Crippen LogP contribution >= 0.6 is 0 Å². The molecule has 0 spiro atoms. The minimum absolute atomic E-state index is 0. The molecule has 0 aliphatic rings. The fraction of sp³-hybridized carbons (Fsp3) is 0.185. The van der Waals surface area contributed by atoms with Gasteiger partial charge in [-0.25, -0.2) is 9.97 Å². The van der Waals surface area contributed by atoms with Crippen molar-refractivity contribution in [2.75, 3.05) is 25.0 Å². The average molecular weight is 487 g/mol. The van der Waals surface area contributed by atoms with Crippen LogP contribution in [0.25, 0.3) is 22.1 Å². The molecule has 0 unspecified atom stereocenters. The predicted octanol–water partition coefficient (Wildman–Crippen LogP) is 1.57. The summed E-state index contributed by atoms with van der Waals surface area (Å²) >= 11 is 0. The third kappa shape index (κ3) is 6.20. The second-order valence-corrected chi connectivity index (χ2v) is 8.21. The van der Waals surface area contributed by atoms with Crippen molar-refractivity contribution in [2.24, 2.45) is 7.05 Å². The Hall–Kier alpha value is -3.64. The number of nitrogens with zero attached hydrogens (tertiary/aromatic N) is 5. The van der Waals surface area contributed by atoms with E-state index in [0.717, 1.165) is 40.3 Å². The topological polar surface area (TPSA) is 99.0 Å². The molecule has 3 heterocycles. The van der Waals surface area contributed by atoms with E-state index < -0.39 is 0 Å². The van der Waals surface area contributed by atoms with Gasteiger partial charge in [-0.15, -0.1) is 19.2 Å². The zero-order valence-electron chi connectivity index (χ0n) is 21.2. The Morgan fingerprint density at radius 3 is 2.81 bits per heavy atom. The number of aryl methyl sites for hydroxylation is 2. The molecule has 0 saturated heterocycles. The first-order valence-corrected chi connectivity index (χ1v) is 11.5. The van der Waals surface area contributed by atoms with E-state index in [1.807, 2.05) is 61.4 Å². The SMILES string of the molecule is [CH2-]CNC[CH-]COc1[c-]nc2c(Nc3ccc(Oc4ccc5c(c4)ncn5C)c(C)c3)ncnc2c1.[Li+]. The van der Waals surface area contributed by atoms with Crippen molar-refractivity contribution >= 4 is 33.6 Å². The van der Waals surface area contributed by atoms with Gasteiger partial charge in [-0.3, -0.25) is 11.4 Å². The van der Waals surface area contributed by atoms with E-state index in [2.05, 4.69) is 43.7 Å². The smallest absolute Gasteiger partial charge is 0.549 e. The van der Waals surface area contributed by atoms with E-state index in [1.54, 1.807) is 12.4 Å². The molecule has 2 N–H and O–H groups in total. The molecule has 5 rings (SSSR count). The van der Waals surface area contributed by atoms with Crippen molar-refractivity contribution < 1.29 is 28.3 Å². The summed E-state index contributed by atoms with van der Waals surface area (Å²) in [7, 11) is 1.97. The zero-order chi connectivity index (χ0) is 24.9. The Kier molecular flexibility index (Phi) is 8.61. The molecule has 0 amide bonds. The van der Waals surface area contributed by atoms with Gasteiger partial charge in [-0.1, -0.05) is 0 Å². The first-order chi connectivity index (χ1) is 17.6. The number of hydrogen-bond acceptors (Lipinski definition) is 8. The maximum atomic E-state index is 6.13. The summed E-state index contributed by atoms with van der Waals surface area (Å²) in [6.45, 7) is 7.57. The van der Waals surface area contributed by atoms with Crippen molar-refractivity contribution in [1.29, 1.82) is 0 Å². The van der Waals surface area contributed by atoms with Crippen LogP contribution in [-0.4, -0.2) is 44.2 Å². The maximum Gasteiger partial charge on any atom is 1.00 e. The van der Waals surface area contributed by atoms with Crippen LogP contribution in [0.5, 0.6) is 17.2 Å². The molecule has 2 aromatic carbocycles. The summed E-state index contributed by atoms with van der Waals surface area (Å²) < 4.78 is 13.8. The van der Waals surface area contributed by atoms with Gasteiger partial charge in [0.15, 0.2) is 0 Å². The molecule has 0 aliphatic heterocycles. The summed E-state index contributed by atoms with van der Waals surface area (Å²) in [4.78, 5) is 17.5. The second-order valence-electron chi connectivity index (χ2n) is 8.21. The van der Waals surface area contributed by atoms with Crippen LogP contribution in [0.3, 0.4) is 0 Å². The van der Waals surface area contributed by atoms with Gasteiger partial charge in [0.2, 0.25) is 0 Å². The second kappa shape index (κ2) is 12.1. The third-order valence-corrected chi connectivity index (χ3v) is 5.58. The van der Waals surface area contributed by atoms with Gasteiger partial charge in [0.1, 0.15) is 23.6 Å². The van der Waals surface area contributed by atoms with Crippen LogP contribution in [-0.2, 0) is 7.05 Å². The van der Waals surface area contributed by atoms with Crippen LogP contribution in [0.15, 0.2) is 55.1 Å². The molecular weight excluding hydrogens is 461 g/mol. The normalized spacial score (nSPS) is 10.9. The van der Waals surface area contributed by atoms with Crippen LogP contribution in [0, 0.1) is 26.5 Å². The Morgan fingerprint density at radius 2 is 1.97 bits per heavy atom. The summed E-state index contributed by atoms with van der Waals surface area (Å²) in [5, 5.41) is 6.44. The van der Waals surface area contributed by atoms with E-state index in [9.17, 15) is 0 Å². The van der Waals surface area contributed by atoms with E-state index in [4.69, 9.17) is 9.47 Å². The van der Waals surface area contributed by atoms with Crippen LogP contribution < -0.4 is 39.0 Å². The van der Waals surface area contributed by atoms with Crippen LogP contribution in [0.2, 0.25) is 0 Å². The maximum absolute atomic E-state index is 6.13. The van der Waals surface area contributed by atoms with Crippen molar-refractivity contribution in [3.8, 4) is 17.2 Å². The fourth-order valence-corrected chi connectivity index (χ4v) is 3.74. The Labute approximate surface area is 227 Å². The molecule has 0 radical (unpaired) electrons. The fourth-order valence-electron chi connectivity index (χ4n) is 3.74. The van der Waals surface area contributed by atoms with Crippen molar-refractivity contribution in [1.82, 2.24) is 29.8 Å². The molecule has 0 atom stereocenters. The molecule has 0 saturated carbocycles. The molecule has 0 bridgehead atoms. The number of benzene rings is 2. The molecule has 5 aromatic rings. The number of ether oxygens (including phenoxy) is 2. The first kappa shape index (κ1) is 26.4. The summed E-state index contributed by atoms with van der Waals surface area (Å²) in [6.07, 6.45) is 8.18. The van der Waals surface area contributed by atoms with Gasteiger partial charge in [0.25, 0.3) is 0 Å². The van der Waals surface area contributed by atoms with E-state index in [-0.39, 0.29) is 18.9 Å². The monoisotopic (exact) mass is 487 g/mol. The number of aromatic nitrogens is 5. The van der Waals surface area contributed by atoms with Gasteiger partial charge in [-0.05, 0) is 61.1 Å². The number of pyridine rings is 1. The van der Waals surface area contributed by atoms with Gasteiger partial charge >= 0.3 is 18.9 Å². The van der Waals surface area contributed by atoms with Crippen molar-refractivity contribution in [3.05, 3.63) is 80.2 Å². The predicted molar refractivity (Wildman–Crippen MR) is 139 cm³/mol. The summed E-state index contributed by atoms with van der Waals surface area (Å²) in [5.74, 6) is 2.61. The molecule has 10 heteroatoms. The summed E-state index contributed by atoms with van der Waals surface area (Å²) in [5.41, 5.74) is 5.05. The minimum Gasteiger partial charge on any atom is -0.549 e. The molecule has 3 aromatic heterocycles. The Balaban J connectivity index is 0.00000320. The standard InChI is InChI=1S/C27H26N7O2.Li/c1-4-28-10-5-11-35-21-14-23-26(29-15-21)27(31-16-30-23)33-19-6-9-25(18(2)12-19)36-20-7-8-24-22(13-20)32-17-34(24)3;/h5-9,12-14,16-17,28H,1,4,10-11H2,2-3H3,(H,30,31,33);/q-3;+1. The molecule has 0 aliphatic carbocycles. The number of imidazole rings is 1. The van der Waals surface area contributed by atoms with E-state index in [0.29, 0.717) is 35.8 Å². The summed E-state index contributed by atoms with van der Waals surface area (Å²) in [6, 6.07) is 13.6. The Bertz CT molecular complexity index is 1510. The van der Waals surface area contributed by atoms with Crippen LogP contribution in [0.1, 0.15) is 5.56 Å². The minimum atomic E-state index is 0. The number of anilines is 2. The Morgan fingerprint density at radius 1 is 1.08 bits per heavy atom.